The summed E-state index contributed by atoms with van der Waals surface area (Å²) in [4.78, 5) is 53.1. The third-order valence-electron chi connectivity index (χ3n) is 7.04. The Bertz CT molecular complexity index is 1630. The van der Waals surface area contributed by atoms with Gasteiger partial charge in [0.1, 0.15) is 5.00 Å². The van der Waals surface area contributed by atoms with Crippen molar-refractivity contribution in [1.29, 1.82) is 0 Å². The highest BCUT2D eigenvalue weighted by molar-refractivity contribution is 8.00. The van der Waals surface area contributed by atoms with Crippen LogP contribution in [0.4, 0.5) is 10.7 Å². The monoisotopic (exact) mass is 716 g/mol. The summed E-state index contributed by atoms with van der Waals surface area (Å²) in [5.74, 6) is -3.09. The molecule has 0 saturated heterocycles. The molecule has 234 valence electrons. The SMILES string of the molecule is CCC(Sc1cccc(NC(=O)c2c(Cl)c(Cl)c(Cl)c(Cl)c2C(=O)O)c1)C(=O)Nc1sc2c(c1C(=O)OC)CCCCCC2. The summed E-state index contributed by atoms with van der Waals surface area (Å²) in [6.07, 6.45) is 6.34. The minimum Gasteiger partial charge on any atom is -0.478 e. The number of hydrogen-bond donors (Lipinski definition) is 3. The molecule has 44 heavy (non-hydrogen) atoms. The van der Waals surface area contributed by atoms with E-state index in [0.717, 1.165) is 49.0 Å². The van der Waals surface area contributed by atoms with E-state index in [4.69, 9.17) is 51.1 Å². The number of rotatable bonds is 9. The average Bonchev–Trinajstić information content (AvgIpc) is 3.31. The Kier molecular flexibility index (Phi) is 11.9. The molecule has 1 atom stereocenters. The first kappa shape index (κ1) is 34.4. The van der Waals surface area contributed by atoms with E-state index in [-0.39, 0.29) is 21.0 Å². The van der Waals surface area contributed by atoms with E-state index in [1.54, 1.807) is 24.3 Å². The lowest BCUT2D eigenvalue weighted by Gasteiger charge is -2.16. The smallest absolute Gasteiger partial charge is 0.341 e. The molecule has 2 aromatic carbocycles. The second-order valence-corrected chi connectivity index (χ2v) is 13.8. The van der Waals surface area contributed by atoms with Crippen molar-refractivity contribution in [3.8, 4) is 0 Å². The van der Waals surface area contributed by atoms with Crippen molar-refractivity contribution in [3.63, 3.8) is 0 Å². The minimum atomic E-state index is -1.50. The number of fused-ring (bicyclic) bond motifs is 1. The Balaban J connectivity index is 1.55. The van der Waals surface area contributed by atoms with Crippen molar-refractivity contribution >= 4 is 104 Å². The van der Waals surface area contributed by atoms with Gasteiger partial charge in [0.2, 0.25) is 5.91 Å². The molecule has 8 nitrogen and oxygen atoms in total. The van der Waals surface area contributed by atoms with Crippen LogP contribution in [0.3, 0.4) is 0 Å². The third-order valence-corrected chi connectivity index (χ3v) is 11.4. The molecule has 2 amide bonds. The normalized spacial score (nSPS) is 13.7. The van der Waals surface area contributed by atoms with Gasteiger partial charge in [0.15, 0.2) is 0 Å². The summed E-state index contributed by atoms with van der Waals surface area (Å²) in [7, 11) is 1.34. The number of carboxylic acid groups (broad SMARTS) is 1. The molecule has 1 aromatic heterocycles. The fourth-order valence-electron chi connectivity index (χ4n) is 4.89. The first-order chi connectivity index (χ1) is 21.0. The third kappa shape index (κ3) is 7.49. The number of thiophene rings is 1. The molecule has 14 heteroatoms. The van der Waals surface area contributed by atoms with E-state index in [0.29, 0.717) is 27.6 Å². The number of carbonyl (C=O) groups is 4. The highest BCUT2D eigenvalue weighted by Crippen LogP contribution is 2.42. The van der Waals surface area contributed by atoms with Crippen molar-refractivity contribution in [2.45, 2.75) is 62.0 Å². The van der Waals surface area contributed by atoms with Crippen LogP contribution in [0.1, 0.15) is 80.5 Å². The fourth-order valence-corrected chi connectivity index (χ4v) is 8.20. The van der Waals surface area contributed by atoms with E-state index in [1.807, 2.05) is 6.92 Å². The Morgan fingerprint density at radius 2 is 1.59 bits per heavy atom. The zero-order valence-corrected chi connectivity index (χ0v) is 28.3. The van der Waals surface area contributed by atoms with Crippen LogP contribution in [0.25, 0.3) is 0 Å². The van der Waals surface area contributed by atoms with Crippen LogP contribution in [0, 0.1) is 0 Å². The summed E-state index contributed by atoms with van der Waals surface area (Å²) in [5, 5.41) is 14.0. The van der Waals surface area contributed by atoms with Crippen LogP contribution >= 0.6 is 69.5 Å². The molecule has 3 aromatic rings. The Morgan fingerprint density at radius 1 is 0.932 bits per heavy atom. The molecule has 3 N–H and O–H groups in total. The quantitative estimate of drug-likeness (QED) is 0.0873. The number of anilines is 2. The average molecular weight is 719 g/mol. The van der Waals surface area contributed by atoms with Gasteiger partial charge in [0.05, 0.1) is 49.1 Å². The molecular weight excluding hydrogens is 690 g/mol. The first-order valence-corrected chi connectivity index (χ1v) is 16.9. The van der Waals surface area contributed by atoms with E-state index in [2.05, 4.69) is 10.6 Å². The highest BCUT2D eigenvalue weighted by Gasteiger charge is 2.30. The number of thioether (sulfide) groups is 1. The molecule has 0 fully saturated rings. The largest absolute Gasteiger partial charge is 0.478 e. The molecule has 0 radical (unpaired) electrons. The maximum absolute atomic E-state index is 13.5. The van der Waals surface area contributed by atoms with Gasteiger partial charge in [0, 0.05) is 15.5 Å². The van der Waals surface area contributed by atoms with Gasteiger partial charge in [-0.25, -0.2) is 9.59 Å². The Morgan fingerprint density at radius 3 is 2.23 bits per heavy atom. The van der Waals surface area contributed by atoms with Crippen LogP contribution < -0.4 is 10.6 Å². The number of benzene rings is 2. The summed E-state index contributed by atoms with van der Waals surface area (Å²) >= 11 is 27.1. The summed E-state index contributed by atoms with van der Waals surface area (Å²) in [5.41, 5.74) is 0.707. The lowest BCUT2D eigenvalue weighted by atomic mass is 9.96. The van der Waals surface area contributed by atoms with Gasteiger partial charge in [0.25, 0.3) is 5.91 Å². The van der Waals surface area contributed by atoms with Crippen molar-refractivity contribution in [2.24, 2.45) is 0 Å². The highest BCUT2D eigenvalue weighted by atomic mass is 35.5. The van der Waals surface area contributed by atoms with Crippen LogP contribution in [-0.4, -0.2) is 41.2 Å². The van der Waals surface area contributed by atoms with Crippen molar-refractivity contribution in [3.05, 3.63) is 71.5 Å². The number of nitrogens with one attached hydrogen (secondary N) is 2. The summed E-state index contributed by atoms with van der Waals surface area (Å²) in [6, 6.07) is 6.69. The second kappa shape index (κ2) is 15.2. The molecule has 1 aliphatic rings. The van der Waals surface area contributed by atoms with E-state index < -0.39 is 39.2 Å². The number of ether oxygens (including phenoxy) is 1. The van der Waals surface area contributed by atoms with E-state index in [1.165, 1.54) is 30.2 Å². The Hall–Kier alpha value is -2.47. The molecule has 1 heterocycles. The molecule has 0 saturated carbocycles. The van der Waals surface area contributed by atoms with Crippen LogP contribution in [0.5, 0.6) is 0 Å². The minimum absolute atomic E-state index is 0.248. The predicted molar refractivity (Wildman–Crippen MR) is 178 cm³/mol. The zero-order valence-electron chi connectivity index (χ0n) is 23.7. The maximum atomic E-state index is 13.5. The van der Waals surface area contributed by atoms with Gasteiger partial charge < -0.3 is 20.5 Å². The molecule has 4 rings (SSSR count). The summed E-state index contributed by atoms with van der Waals surface area (Å²) < 4.78 is 5.08. The Labute approximate surface area is 282 Å². The van der Waals surface area contributed by atoms with Gasteiger partial charge in [-0.2, -0.15) is 0 Å². The maximum Gasteiger partial charge on any atom is 0.341 e. The second-order valence-electron chi connectivity index (χ2n) is 9.91. The number of carbonyl (C=O) groups excluding carboxylic acids is 3. The van der Waals surface area contributed by atoms with Gasteiger partial charge >= 0.3 is 11.9 Å². The predicted octanol–water partition coefficient (Wildman–Crippen LogP) is 9.27. The number of esters is 1. The van der Waals surface area contributed by atoms with Crippen molar-refractivity contribution < 1.29 is 29.0 Å². The lowest BCUT2D eigenvalue weighted by molar-refractivity contribution is -0.115. The topological polar surface area (TPSA) is 122 Å². The molecule has 1 unspecified atom stereocenters. The number of methoxy groups -OCH3 is 1. The van der Waals surface area contributed by atoms with Crippen LogP contribution in [0.2, 0.25) is 20.1 Å². The van der Waals surface area contributed by atoms with Crippen molar-refractivity contribution in [1.82, 2.24) is 0 Å². The van der Waals surface area contributed by atoms with Gasteiger partial charge in [-0.15, -0.1) is 23.1 Å². The number of aromatic carboxylic acids is 1. The molecule has 0 aliphatic heterocycles. The molecule has 1 aliphatic carbocycles. The fraction of sp³-hybridized carbons (Fsp3) is 0.333. The molecule has 0 spiro atoms. The van der Waals surface area contributed by atoms with Crippen LogP contribution in [0.15, 0.2) is 29.2 Å². The standard InChI is InChI=1S/C30H28Cl4N2O6S2/c1-3-17(26(37)36-28-19(30(41)42-2)16-11-6-4-5-7-12-18(16)44-28)43-15-10-8-9-14(13-15)35-27(38)20-21(29(39)40)23(32)25(34)24(33)22(20)31/h8-10,13,17H,3-7,11-12H2,1-2H3,(H,35,38)(H,36,37)(H,39,40). The van der Waals surface area contributed by atoms with Crippen molar-refractivity contribution in [2.75, 3.05) is 17.7 Å². The number of amides is 2. The van der Waals surface area contributed by atoms with Gasteiger partial charge in [-0.1, -0.05) is 72.2 Å². The number of aryl methyl sites for hydroxylation is 1. The van der Waals surface area contributed by atoms with E-state index in [9.17, 15) is 24.3 Å². The lowest BCUT2D eigenvalue weighted by Crippen LogP contribution is -2.25. The molecule has 0 bridgehead atoms. The number of carboxylic acids is 1. The van der Waals surface area contributed by atoms with Gasteiger partial charge in [-0.3, -0.25) is 9.59 Å². The van der Waals surface area contributed by atoms with E-state index >= 15 is 0 Å². The van der Waals surface area contributed by atoms with Crippen LogP contribution in [-0.2, 0) is 22.4 Å². The number of hydrogen-bond acceptors (Lipinski definition) is 7. The molecular formula is C30H28Cl4N2O6S2. The number of halogens is 4. The van der Waals surface area contributed by atoms with Gasteiger partial charge in [-0.05, 0) is 55.9 Å². The zero-order chi connectivity index (χ0) is 32.1. The first-order valence-electron chi connectivity index (χ1n) is 13.7. The summed E-state index contributed by atoms with van der Waals surface area (Å²) in [6.45, 7) is 1.88.